The largest absolute Gasteiger partial charge is 0.329 e. The van der Waals surface area contributed by atoms with Crippen LogP contribution < -0.4 is 10.8 Å². The van der Waals surface area contributed by atoms with Crippen LogP contribution in [0.5, 0.6) is 0 Å². The Morgan fingerprint density at radius 3 is 2.09 bits per heavy atom. The zero-order valence-corrected chi connectivity index (χ0v) is 19.3. The summed E-state index contributed by atoms with van der Waals surface area (Å²) >= 11 is 0. The van der Waals surface area contributed by atoms with Crippen LogP contribution >= 0.6 is 0 Å². The number of amides is 3. The number of nitrogens with one attached hydrogen (secondary N) is 2. The van der Waals surface area contributed by atoms with Gasteiger partial charge in [-0.15, -0.1) is 0 Å². The van der Waals surface area contributed by atoms with E-state index in [0.29, 0.717) is 11.6 Å². The van der Waals surface area contributed by atoms with E-state index in [4.69, 9.17) is 5.21 Å². The first-order valence-electron chi connectivity index (χ1n) is 11.1. The predicted octanol–water partition coefficient (Wildman–Crippen LogP) is 4.14. The molecule has 0 unspecified atom stereocenters. The highest BCUT2D eigenvalue weighted by Crippen LogP contribution is 2.17. The average Bonchev–Trinajstić information content (AvgIpc) is 2.84. The Hall–Kier alpha value is -3.97. The third-order valence-electron chi connectivity index (χ3n) is 5.44. The molecule has 0 heterocycles. The molecule has 0 aliphatic heterocycles. The fraction of sp³-hybridized carbons (Fsp3) is 0.222. The quantitative estimate of drug-likeness (QED) is 0.331. The van der Waals surface area contributed by atoms with Crippen LogP contribution in [0.1, 0.15) is 46.8 Å². The van der Waals surface area contributed by atoms with E-state index in [1.54, 1.807) is 29.7 Å². The maximum atomic E-state index is 13.1. The Bertz CT molecular complexity index is 1110. The molecule has 34 heavy (non-hydrogen) atoms. The van der Waals surface area contributed by atoms with Crippen molar-refractivity contribution in [3.63, 3.8) is 0 Å². The molecule has 0 radical (unpaired) electrons. The van der Waals surface area contributed by atoms with Crippen LogP contribution in [0.2, 0.25) is 0 Å². The first kappa shape index (κ1) is 24.7. The summed E-state index contributed by atoms with van der Waals surface area (Å²) in [5, 5.41) is 11.6. The lowest BCUT2D eigenvalue weighted by molar-refractivity contribution is -0.134. The Labute approximate surface area is 199 Å². The summed E-state index contributed by atoms with van der Waals surface area (Å²) in [5.74, 6) is -0.708. The minimum absolute atomic E-state index is 0.115. The van der Waals surface area contributed by atoms with Gasteiger partial charge in [-0.05, 0) is 46.9 Å². The third kappa shape index (κ3) is 7.02. The van der Waals surface area contributed by atoms with Crippen LogP contribution in [0.4, 0.5) is 5.69 Å². The molecule has 176 valence electrons. The molecular formula is C27H29N3O4. The van der Waals surface area contributed by atoms with E-state index < -0.39 is 5.91 Å². The van der Waals surface area contributed by atoms with Gasteiger partial charge in [-0.25, -0.2) is 5.48 Å². The highest BCUT2D eigenvalue weighted by atomic mass is 16.5. The van der Waals surface area contributed by atoms with Gasteiger partial charge in [0.1, 0.15) is 6.54 Å². The maximum absolute atomic E-state index is 13.1. The number of hydroxylamine groups is 1. The van der Waals surface area contributed by atoms with Gasteiger partial charge in [0.2, 0.25) is 11.8 Å². The van der Waals surface area contributed by atoms with Crippen LogP contribution in [-0.4, -0.2) is 34.4 Å². The number of hydrogen-bond acceptors (Lipinski definition) is 4. The molecule has 3 aromatic carbocycles. The van der Waals surface area contributed by atoms with Gasteiger partial charge in [0.15, 0.2) is 0 Å². The van der Waals surface area contributed by atoms with Crippen molar-refractivity contribution < 1.29 is 19.6 Å². The van der Waals surface area contributed by atoms with Gasteiger partial charge < -0.3 is 10.2 Å². The van der Waals surface area contributed by atoms with Gasteiger partial charge in [0.25, 0.3) is 5.91 Å². The number of anilines is 1. The summed E-state index contributed by atoms with van der Waals surface area (Å²) in [6, 6.07) is 23.5. The van der Waals surface area contributed by atoms with Crippen molar-refractivity contribution in [2.75, 3.05) is 11.9 Å². The van der Waals surface area contributed by atoms with E-state index in [1.165, 1.54) is 10.5 Å². The molecular weight excluding hydrogens is 430 g/mol. The van der Waals surface area contributed by atoms with E-state index >= 15 is 0 Å². The van der Waals surface area contributed by atoms with Crippen molar-refractivity contribution in [3.05, 3.63) is 101 Å². The van der Waals surface area contributed by atoms with Crippen LogP contribution in [0, 0.1) is 0 Å². The molecule has 0 aliphatic carbocycles. The lowest BCUT2D eigenvalue weighted by Crippen LogP contribution is -2.38. The molecule has 0 aliphatic rings. The number of carbonyl (C=O) groups is 3. The topological polar surface area (TPSA) is 98.7 Å². The first-order valence-corrected chi connectivity index (χ1v) is 11.1. The van der Waals surface area contributed by atoms with Gasteiger partial charge in [-0.2, -0.15) is 0 Å². The van der Waals surface area contributed by atoms with Crippen LogP contribution in [-0.2, 0) is 22.6 Å². The Kier molecular flexibility index (Phi) is 8.54. The smallest absolute Gasteiger partial charge is 0.274 e. The lowest BCUT2D eigenvalue weighted by atomic mass is 10.0. The highest BCUT2D eigenvalue weighted by Gasteiger charge is 2.19. The summed E-state index contributed by atoms with van der Waals surface area (Å²) in [6.07, 6.45) is 0.169. The second kappa shape index (κ2) is 11.8. The SMILES string of the molecule is CC(C)c1ccc(NC(=O)CN(Cc2ccc(C(=O)NO)cc2)C(=O)Cc2ccccc2)cc1. The highest BCUT2D eigenvalue weighted by molar-refractivity contribution is 5.95. The molecule has 3 rings (SSSR count). The zero-order valence-electron chi connectivity index (χ0n) is 19.3. The Morgan fingerprint density at radius 1 is 0.853 bits per heavy atom. The van der Waals surface area contributed by atoms with Crippen molar-refractivity contribution in [1.29, 1.82) is 0 Å². The monoisotopic (exact) mass is 459 g/mol. The second-order valence-electron chi connectivity index (χ2n) is 8.37. The van der Waals surface area contributed by atoms with Crippen molar-refractivity contribution in [2.24, 2.45) is 0 Å². The molecule has 3 N–H and O–H groups in total. The number of hydrogen-bond donors (Lipinski definition) is 3. The van der Waals surface area contributed by atoms with E-state index in [1.807, 2.05) is 54.6 Å². The minimum atomic E-state index is -0.619. The summed E-state index contributed by atoms with van der Waals surface area (Å²) in [4.78, 5) is 38.9. The van der Waals surface area contributed by atoms with E-state index in [2.05, 4.69) is 19.2 Å². The minimum Gasteiger partial charge on any atom is -0.329 e. The van der Waals surface area contributed by atoms with Crippen LogP contribution in [0.25, 0.3) is 0 Å². The number of benzene rings is 3. The fourth-order valence-corrected chi connectivity index (χ4v) is 3.49. The van der Waals surface area contributed by atoms with Crippen molar-refractivity contribution in [3.8, 4) is 0 Å². The predicted molar refractivity (Wildman–Crippen MR) is 130 cm³/mol. The molecule has 7 heteroatoms. The molecule has 0 spiro atoms. The van der Waals surface area contributed by atoms with Crippen LogP contribution in [0.3, 0.4) is 0 Å². The third-order valence-corrected chi connectivity index (χ3v) is 5.44. The van der Waals surface area contributed by atoms with Gasteiger partial charge in [0, 0.05) is 17.8 Å². The van der Waals surface area contributed by atoms with Gasteiger partial charge in [-0.3, -0.25) is 19.6 Å². The number of rotatable bonds is 9. The van der Waals surface area contributed by atoms with Crippen molar-refractivity contribution >= 4 is 23.4 Å². The van der Waals surface area contributed by atoms with Gasteiger partial charge in [0.05, 0.1) is 6.42 Å². The maximum Gasteiger partial charge on any atom is 0.274 e. The van der Waals surface area contributed by atoms with Crippen molar-refractivity contribution in [2.45, 2.75) is 32.7 Å². The molecule has 0 fully saturated rings. The molecule has 3 amide bonds. The molecule has 0 saturated heterocycles. The second-order valence-corrected chi connectivity index (χ2v) is 8.37. The zero-order chi connectivity index (χ0) is 24.5. The molecule has 0 bridgehead atoms. The summed E-state index contributed by atoms with van der Waals surface area (Å²) in [7, 11) is 0. The lowest BCUT2D eigenvalue weighted by Gasteiger charge is -2.23. The molecule has 7 nitrogen and oxygen atoms in total. The number of nitrogens with zero attached hydrogens (tertiary/aromatic N) is 1. The Morgan fingerprint density at radius 2 is 1.50 bits per heavy atom. The molecule has 0 aromatic heterocycles. The molecule has 0 atom stereocenters. The standard InChI is InChI=1S/C27H29N3O4/c1-19(2)22-12-14-24(15-13-22)28-25(31)18-30(26(32)16-20-6-4-3-5-7-20)17-21-8-10-23(11-9-21)27(33)29-34/h3-15,19,34H,16-18H2,1-2H3,(H,28,31)(H,29,33). The number of carbonyl (C=O) groups excluding carboxylic acids is 3. The van der Waals surface area contributed by atoms with E-state index in [9.17, 15) is 14.4 Å². The average molecular weight is 460 g/mol. The van der Waals surface area contributed by atoms with Crippen molar-refractivity contribution in [1.82, 2.24) is 10.4 Å². The van der Waals surface area contributed by atoms with Gasteiger partial charge >= 0.3 is 0 Å². The Balaban J connectivity index is 1.73. The normalized spacial score (nSPS) is 10.6. The summed E-state index contributed by atoms with van der Waals surface area (Å²) in [5.41, 5.74) is 5.34. The summed E-state index contributed by atoms with van der Waals surface area (Å²) in [6.45, 7) is 4.29. The molecule has 3 aromatic rings. The van der Waals surface area contributed by atoms with Crippen LogP contribution in [0.15, 0.2) is 78.9 Å². The fourth-order valence-electron chi connectivity index (χ4n) is 3.49. The van der Waals surface area contributed by atoms with E-state index in [-0.39, 0.29) is 36.9 Å². The summed E-state index contributed by atoms with van der Waals surface area (Å²) < 4.78 is 0. The van der Waals surface area contributed by atoms with E-state index in [0.717, 1.165) is 11.1 Å². The molecule has 0 saturated carbocycles. The van der Waals surface area contributed by atoms with Gasteiger partial charge in [-0.1, -0.05) is 68.4 Å². The first-order chi connectivity index (χ1) is 16.4.